The fraction of sp³-hybridized carbons (Fsp3) is 0.667. The number of aryl methyl sites for hydroxylation is 1. The maximum absolute atomic E-state index is 4.43. The number of anilines is 1. The lowest BCUT2D eigenvalue weighted by Crippen LogP contribution is -2.37. The van der Waals surface area contributed by atoms with Gasteiger partial charge in [-0.05, 0) is 44.8 Å². The zero-order chi connectivity index (χ0) is 11.4. The van der Waals surface area contributed by atoms with Crippen molar-refractivity contribution in [3.63, 3.8) is 0 Å². The molecule has 2 heterocycles. The molecule has 1 fully saturated rings. The summed E-state index contributed by atoms with van der Waals surface area (Å²) in [7, 11) is 2.07. The Bertz CT molecular complexity index is 339. The molecule has 1 unspecified atom stereocenters. The number of piperidine rings is 1. The number of hydrogen-bond acceptors (Lipinski definition) is 4. The van der Waals surface area contributed by atoms with Gasteiger partial charge in [-0.25, -0.2) is 9.97 Å². The lowest BCUT2D eigenvalue weighted by Gasteiger charge is -2.27. The number of nitrogens with one attached hydrogen (secondary N) is 1. The predicted molar refractivity (Wildman–Crippen MR) is 72.9 cm³/mol. The minimum absolute atomic E-state index is 0. The summed E-state index contributed by atoms with van der Waals surface area (Å²) in [4.78, 5) is 10.9. The van der Waals surface area contributed by atoms with Gasteiger partial charge in [-0.3, -0.25) is 0 Å². The van der Waals surface area contributed by atoms with Crippen LogP contribution in [-0.4, -0.2) is 36.6 Å². The van der Waals surface area contributed by atoms with E-state index in [1.165, 1.54) is 19.4 Å². The Kier molecular flexibility index (Phi) is 5.65. The number of hydrogen-bond donors (Lipinski definition) is 1. The molecule has 2 rings (SSSR count). The molecular weight excluding hydrogens is 236 g/mol. The van der Waals surface area contributed by atoms with Crippen LogP contribution in [0.2, 0.25) is 0 Å². The van der Waals surface area contributed by atoms with Crippen LogP contribution in [0.5, 0.6) is 0 Å². The van der Waals surface area contributed by atoms with Crippen LogP contribution in [0.15, 0.2) is 12.3 Å². The van der Waals surface area contributed by atoms with Crippen molar-refractivity contribution in [1.29, 1.82) is 0 Å². The SMILES string of the molecule is Cc1ccnc(N(C)CC2CCCNC2)n1.Cl. The van der Waals surface area contributed by atoms with Crippen LogP contribution in [0.1, 0.15) is 18.5 Å². The van der Waals surface area contributed by atoms with Crippen molar-refractivity contribution >= 4 is 18.4 Å². The van der Waals surface area contributed by atoms with Crippen molar-refractivity contribution in [2.24, 2.45) is 5.92 Å². The molecule has 1 saturated heterocycles. The average molecular weight is 257 g/mol. The van der Waals surface area contributed by atoms with Gasteiger partial charge in [-0.15, -0.1) is 12.4 Å². The summed E-state index contributed by atoms with van der Waals surface area (Å²) in [5.74, 6) is 1.56. The van der Waals surface area contributed by atoms with Crippen molar-refractivity contribution in [1.82, 2.24) is 15.3 Å². The van der Waals surface area contributed by atoms with E-state index in [4.69, 9.17) is 0 Å². The number of rotatable bonds is 3. The van der Waals surface area contributed by atoms with E-state index in [1.54, 1.807) is 0 Å². The largest absolute Gasteiger partial charge is 0.344 e. The molecule has 96 valence electrons. The molecule has 0 bridgehead atoms. The summed E-state index contributed by atoms with van der Waals surface area (Å²) in [6.07, 6.45) is 4.42. The Hall–Kier alpha value is -0.870. The normalized spacial score (nSPS) is 19.5. The fourth-order valence-electron chi connectivity index (χ4n) is 2.17. The molecule has 5 heteroatoms. The first-order valence-corrected chi connectivity index (χ1v) is 5.97. The molecular formula is C12H21ClN4. The van der Waals surface area contributed by atoms with Crippen LogP contribution >= 0.6 is 12.4 Å². The van der Waals surface area contributed by atoms with Gasteiger partial charge in [0.15, 0.2) is 0 Å². The summed E-state index contributed by atoms with van der Waals surface area (Å²) in [6.45, 7) is 5.33. The number of halogens is 1. The Morgan fingerprint density at radius 2 is 2.35 bits per heavy atom. The second-order valence-electron chi connectivity index (χ2n) is 4.59. The molecule has 1 aromatic heterocycles. The lowest BCUT2D eigenvalue weighted by atomic mass is 9.99. The third kappa shape index (κ3) is 4.13. The molecule has 17 heavy (non-hydrogen) atoms. The van der Waals surface area contributed by atoms with Gasteiger partial charge in [0.1, 0.15) is 0 Å². The van der Waals surface area contributed by atoms with Crippen LogP contribution in [0, 0.1) is 12.8 Å². The molecule has 0 aromatic carbocycles. The van der Waals surface area contributed by atoms with E-state index in [1.807, 2.05) is 19.2 Å². The summed E-state index contributed by atoms with van der Waals surface area (Å²) >= 11 is 0. The first-order chi connectivity index (χ1) is 7.75. The lowest BCUT2D eigenvalue weighted by molar-refractivity contribution is 0.380. The Morgan fingerprint density at radius 3 is 3.00 bits per heavy atom. The van der Waals surface area contributed by atoms with Crippen LogP contribution in [0.4, 0.5) is 5.95 Å². The van der Waals surface area contributed by atoms with Gasteiger partial charge in [0.25, 0.3) is 0 Å². The van der Waals surface area contributed by atoms with Crippen LogP contribution < -0.4 is 10.2 Å². The molecule has 0 aliphatic carbocycles. The van der Waals surface area contributed by atoms with Gasteiger partial charge < -0.3 is 10.2 Å². The molecule has 0 saturated carbocycles. The molecule has 1 atom stereocenters. The third-order valence-corrected chi connectivity index (χ3v) is 3.05. The van der Waals surface area contributed by atoms with E-state index < -0.39 is 0 Å². The fourth-order valence-corrected chi connectivity index (χ4v) is 2.17. The van der Waals surface area contributed by atoms with Crippen molar-refractivity contribution in [2.45, 2.75) is 19.8 Å². The van der Waals surface area contributed by atoms with E-state index >= 15 is 0 Å². The predicted octanol–water partition coefficient (Wildman–Crippen LogP) is 1.64. The zero-order valence-corrected chi connectivity index (χ0v) is 11.3. The van der Waals surface area contributed by atoms with E-state index in [2.05, 4.69) is 27.2 Å². The van der Waals surface area contributed by atoms with E-state index in [0.717, 1.165) is 30.6 Å². The van der Waals surface area contributed by atoms with Crippen LogP contribution in [-0.2, 0) is 0 Å². The summed E-state index contributed by atoms with van der Waals surface area (Å²) < 4.78 is 0. The van der Waals surface area contributed by atoms with Gasteiger partial charge in [0, 0.05) is 25.5 Å². The summed E-state index contributed by atoms with van der Waals surface area (Å²) in [6, 6.07) is 1.93. The zero-order valence-electron chi connectivity index (χ0n) is 10.5. The minimum atomic E-state index is 0. The second-order valence-corrected chi connectivity index (χ2v) is 4.59. The Morgan fingerprint density at radius 1 is 1.53 bits per heavy atom. The highest BCUT2D eigenvalue weighted by molar-refractivity contribution is 5.85. The molecule has 1 aliphatic heterocycles. The van der Waals surface area contributed by atoms with Gasteiger partial charge in [-0.1, -0.05) is 0 Å². The van der Waals surface area contributed by atoms with Gasteiger partial charge >= 0.3 is 0 Å². The Labute approximate surface area is 109 Å². The maximum atomic E-state index is 4.43. The smallest absolute Gasteiger partial charge is 0.225 e. The molecule has 1 N–H and O–H groups in total. The number of aromatic nitrogens is 2. The van der Waals surface area contributed by atoms with Crippen molar-refractivity contribution in [3.05, 3.63) is 18.0 Å². The maximum Gasteiger partial charge on any atom is 0.225 e. The third-order valence-electron chi connectivity index (χ3n) is 3.05. The van der Waals surface area contributed by atoms with Gasteiger partial charge in [0.05, 0.1) is 0 Å². The molecule has 0 spiro atoms. The molecule has 0 amide bonds. The van der Waals surface area contributed by atoms with Crippen molar-refractivity contribution in [2.75, 3.05) is 31.6 Å². The van der Waals surface area contributed by atoms with E-state index in [-0.39, 0.29) is 12.4 Å². The Balaban J connectivity index is 0.00000144. The van der Waals surface area contributed by atoms with Crippen molar-refractivity contribution in [3.8, 4) is 0 Å². The highest BCUT2D eigenvalue weighted by Gasteiger charge is 2.16. The van der Waals surface area contributed by atoms with E-state index in [9.17, 15) is 0 Å². The number of nitrogens with zero attached hydrogens (tertiary/aromatic N) is 3. The van der Waals surface area contributed by atoms with E-state index in [0.29, 0.717) is 0 Å². The second kappa shape index (κ2) is 6.77. The minimum Gasteiger partial charge on any atom is -0.344 e. The first kappa shape index (κ1) is 14.2. The van der Waals surface area contributed by atoms with Crippen molar-refractivity contribution < 1.29 is 0 Å². The standard InChI is InChI=1S/C12H20N4.ClH/c1-10-5-7-14-12(15-10)16(2)9-11-4-3-6-13-8-11;/h5,7,11,13H,3-4,6,8-9H2,1-2H3;1H. The highest BCUT2D eigenvalue weighted by atomic mass is 35.5. The molecule has 0 radical (unpaired) electrons. The average Bonchev–Trinajstić information content (AvgIpc) is 2.30. The van der Waals surface area contributed by atoms with Gasteiger partial charge in [0.2, 0.25) is 5.95 Å². The highest BCUT2D eigenvalue weighted by Crippen LogP contribution is 2.14. The molecule has 1 aromatic rings. The first-order valence-electron chi connectivity index (χ1n) is 5.97. The topological polar surface area (TPSA) is 41.1 Å². The quantitative estimate of drug-likeness (QED) is 0.893. The summed E-state index contributed by atoms with van der Waals surface area (Å²) in [5, 5.41) is 3.44. The van der Waals surface area contributed by atoms with Gasteiger partial charge in [-0.2, -0.15) is 0 Å². The van der Waals surface area contributed by atoms with Crippen LogP contribution in [0.25, 0.3) is 0 Å². The summed E-state index contributed by atoms with van der Waals surface area (Å²) in [5.41, 5.74) is 1.03. The molecule has 1 aliphatic rings. The van der Waals surface area contributed by atoms with Crippen LogP contribution in [0.3, 0.4) is 0 Å². The molecule has 4 nitrogen and oxygen atoms in total. The monoisotopic (exact) mass is 256 g/mol.